The van der Waals surface area contributed by atoms with Gasteiger partial charge in [-0.1, -0.05) is 0 Å². The Balaban J connectivity index is 3.11. The third-order valence-corrected chi connectivity index (χ3v) is 3.09. The highest BCUT2D eigenvalue weighted by atomic mass is 19.1. The van der Waals surface area contributed by atoms with E-state index in [1.54, 1.807) is 13.0 Å². The number of carbonyl (C=O) groups is 1. The highest BCUT2D eigenvalue weighted by molar-refractivity contribution is 6.02. The summed E-state index contributed by atoms with van der Waals surface area (Å²) in [5.74, 6) is -0.278. The predicted octanol–water partition coefficient (Wildman–Crippen LogP) is 2.66. The van der Waals surface area contributed by atoms with Crippen molar-refractivity contribution in [3.05, 3.63) is 35.1 Å². The smallest absolute Gasteiger partial charge is 0.182 e. The van der Waals surface area contributed by atoms with Crippen molar-refractivity contribution in [2.24, 2.45) is 0 Å². The van der Waals surface area contributed by atoms with E-state index in [4.69, 9.17) is 0 Å². The average Bonchev–Trinajstić information content (AvgIpc) is 2.20. The summed E-state index contributed by atoms with van der Waals surface area (Å²) in [5, 5.41) is 0. The SMILES string of the molecule is Cc1cc(C(=O)C(C)(C)N(C)C)ccc1F. The van der Waals surface area contributed by atoms with Crippen LogP contribution in [0.25, 0.3) is 0 Å². The van der Waals surface area contributed by atoms with Crippen LogP contribution in [0.3, 0.4) is 0 Å². The third kappa shape index (κ3) is 2.30. The standard InChI is InChI=1S/C13H18FNO/c1-9-8-10(6-7-11(9)14)12(16)13(2,3)15(4)5/h6-8H,1-5H3. The maximum Gasteiger partial charge on any atom is 0.182 e. The van der Waals surface area contributed by atoms with E-state index in [2.05, 4.69) is 0 Å². The number of hydrogen-bond donors (Lipinski definition) is 0. The first-order chi connectivity index (χ1) is 7.26. The monoisotopic (exact) mass is 223 g/mol. The zero-order valence-electron chi connectivity index (χ0n) is 10.5. The highest BCUT2D eigenvalue weighted by Crippen LogP contribution is 2.19. The van der Waals surface area contributed by atoms with Gasteiger partial charge < -0.3 is 0 Å². The van der Waals surface area contributed by atoms with Crippen molar-refractivity contribution in [1.82, 2.24) is 4.90 Å². The molecule has 0 saturated carbocycles. The molecule has 0 aliphatic rings. The Hall–Kier alpha value is -1.22. The van der Waals surface area contributed by atoms with Gasteiger partial charge in [-0.15, -0.1) is 0 Å². The molecule has 0 bridgehead atoms. The van der Waals surface area contributed by atoms with Gasteiger partial charge in [-0.25, -0.2) is 4.39 Å². The summed E-state index contributed by atoms with van der Waals surface area (Å²) < 4.78 is 13.1. The summed E-state index contributed by atoms with van der Waals surface area (Å²) >= 11 is 0. The summed E-state index contributed by atoms with van der Waals surface area (Å²) in [6, 6.07) is 4.48. The average molecular weight is 223 g/mol. The molecule has 1 rings (SSSR count). The van der Waals surface area contributed by atoms with Gasteiger partial charge in [0.25, 0.3) is 0 Å². The van der Waals surface area contributed by atoms with Crippen molar-refractivity contribution < 1.29 is 9.18 Å². The molecule has 0 fully saturated rings. The van der Waals surface area contributed by atoms with E-state index in [1.807, 2.05) is 32.8 Å². The lowest BCUT2D eigenvalue weighted by Crippen LogP contribution is -2.45. The topological polar surface area (TPSA) is 20.3 Å². The van der Waals surface area contributed by atoms with Gasteiger partial charge in [0.2, 0.25) is 0 Å². The number of hydrogen-bond acceptors (Lipinski definition) is 2. The molecule has 2 nitrogen and oxygen atoms in total. The molecule has 0 aliphatic carbocycles. The zero-order chi connectivity index (χ0) is 12.5. The molecule has 0 amide bonds. The third-order valence-electron chi connectivity index (χ3n) is 3.09. The van der Waals surface area contributed by atoms with Gasteiger partial charge in [0, 0.05) is 5.56 Å². The first kappa shape index (κ1) is 12.8. The van der Waals surface area contributed by atoms with Crippen molar-refractivity contribution >= 4 is 5.78 Å². The van der Waals surface area contributed by atoms with Gasteiger partial charge >= 0.3 is 0 Å². The predicted molar refractivity (Wildman–Crippen MR) is 63.2 cm³/mol. The van der Waals surface area contributed by atoms with Crippen LogP contribution < -0.4 is 0 Å². The van der Waals surface area contributed by atoms with E-state index in [0.29, 0.717) is 11.1 Å². The van der Waals surface area contributed by atoms with Gasteiger partial charge in [0.15, 0.2) is 5.78 Å². The van der Waals surface area contributed by atoms with Gasteiger partial charge in [-0.05, 0) is 58.6 Å². The summed E-state index contributed by atoms with van der Waals surface area (Å²) in [6.45, 7) is 5.37. The fourth-order valence-corrected chi connectivity index (χ4v) is 1.34. The van der Waals surface area contributed by atoms with E-state index >= 15 is 0 Å². The van der Waals surface area contributed by atoms with Crippen LogP contribution in [0.15, 0.2) is 18.2 Å². The molecule has 0 unspecified atom stereocenters. The number of aryl methyl sites for hydroxylation is 1. The number of benzene rings is 1. The van der Waals surface area contributed by atoms with Gasteiger partial charge in [0.05, 0.1) is 5.54 Å². The Morgan fingerprint density at radius 3 is 2.31 bits per heavy atom. The Labute approximate surface area is 96.1 Å². The van der Waals surface area contributed by atoms with Crippen LogP contribution in [0.4, 0.5) is 4.39 Å². The summed E-state index contributed by atoms with van der Waals surface area (Å²) in [4.78, 5) is 14.1. The van der Waals surface area contributed by atoms with E-state index in [9.17, 15) is 9.18 Å². The molecule has 1 aromatic carbocycles. The molecular weight excluding hydrogens is 205 g/mol. The number of nitrogens with zero attached hydrogens (tertiary/aromatic N) is 1. The normalized spacial score (nSPS) is 11.9. The molecule has 0 saturated heterocycles. The molecule has 0 aromatic heterocycles. The van der Waals surface area contributed by atoms with Crippen LogP contribution in [0.2, 0.25) is 0 Å². The van der Waals surface area contributed by atoms with E-state index in [-0.39, 0.29) is 11.6 Å². The maximum atomic E-state index is 13.1. The molecule has 0 heterocycles. The van der Waals surface area contributed by atoms with E-state index < -0.39 is 5.54 Å². The van der Waals surface area contributed by atoms with Crippen molar-refractivity contribution in [3.63, 3.8) is 0 Å². The fraction of sp³-hybridized carbons (Fsp3) is 0.462. The molecule has 0 spiro atoms. The summed E-state index contributed by atoms with van der Waals surface area (Å²) in [6.07, 6.45) is 0. The minimum absolute atomic E-state index is 0.000556. The van der Waals surface area contributed by atoms with Crippen molar-refractivity contribution in [3.8, 4) is 0 Å². The quantitative estimate of drug-likeness (QED) is 0.734. The minimum atomic E-state index is -0.579. The molecule has 88 valence electrons. The number of ketones is 1. The second-order valence-corrected chi connectivity index (χ2v) is 4.75. The molecule has 1 aromatic rings. The van der Waals surface area contributed by atoms with Crippen LogP contribution in [0.1, 0.15) is 29.8 Å². The molecule has 0 N–H and O–H groups in total. The molecule has 0 radical (unpaired) electrons. The number of Topliss-reactive ketones (excluding diaryl/α,β-unsaturated/α-hetero) is 1. The van der Waals surface area contributed by atoms with Gasteiger partial charge in [-0.2, -0.15) is 0 Å². The fourth-order valence-electron chi connectivity index (χ4n) is 1.34. The Kier molecular flexibility index (Phi) is 3.48. The van der Waals surface area contributed by atoms with E-state index in [0.717, 1.165) is 0 Å². The Morgan fingerprint density at radius 2 is 1.88 bits per heavy atom. The van der Waals surface area contributed by atoms with Gasteiger partial charge in [-0.3, -0.25) is 9.69 Å². The lowest BCUT2D eigenvalue weighted by Gasteiger charge is -2.31. The van der Waals surface area contributed by atoms with Gasteiger partial charge in [0.1, 0.15) is 5.82 Å². The second-order valence-electron chi connectivity index (χ2n) is 4.75. The molecule has 16 heavy (non-hydrogen) atoms. The number of carbonyl (C=O) groups excluding carboxylic acids is 1. The van der Waals surface area contributed by atoms with Crippen molar-refractivity contribution in [2.75, 3.05) is 14.1 Å². The lowest BCUT2D eigenvalue weighted by atomic mass is 9.91. The second kappa shape index (κ2) is 4.34. The molecular formula is C13H18FNO. The summed E-state index contributed by atoms with van der Waals surface area (Å²) in [5.41, 5.74) is 0.475. The highest BCUT2D eigenvalue weighted by Gasteiger charge is 2.30. The lowest BCUT2D eigenvalue weighted by molar-refractivity contribution is 0.0755. The maximum absolute atomic E-state index is 13.1. The van der Waals surface area contributed by atoms with Crippen molar-refractivity contribution in [2.45, 2.75) is 26.3 Å². The molecule has 0 aliphatic heterocycles. The first-order valence-corrected chi connectivity index (χ1v) is 5.25. The van der Waals surface area contributed by atoms with Crippen LogP contribution in [-0.2, 0) is 0 Å². The molecule has 3 heteroatoms. The number of halogens is 1. The van der Waals surface area contributed by atoms with E-state index in [1.165, 1.54) is 12.1 Å². The number of rotatable bonds is 3. The van der Waals surface area contributed by atoms with Crippen molar-refractivity contribution in [1.29, 1.82) is 0 Å². The minimum Gasteiger partial charge on any atom is -0.297 e. The van der Waals surface area contributed by atoms with Crippen LogP contribution in [0.5, 0.6) is 0 Å². The first-order valence-electron chi connectivity index (χ1n) is 5.25. The van der Waals surface area contributed by atoms with Crippen LogP contribution in [0, 0.1) is 12.7 Å². The zero-order valence-corrected chi connectivity index (χ0v) is 10.5. The largest absolute Gasteiger partial charge is 0.297 e. The Bertz CT molecular complexity index is 410. The number of likely N-dealkylation sites (N-methyl/N-ethyl adjacent to an activating group) is 1. The van der Waals surface area contributed by atoms with Crippen LogP contribution >= 0.6 is 0 Å². The Morgan fingerprint density at radius 1 is 1.31 bits per heavy atom. The van der Waals surface area contributed by atoms with Crippen LogP contribution in [-0.4, -0.2) is 30.3 Å². The summed E-state index contributed by atoms with van der Waals surface area (Å²) in [7, 11) is 3.71. The molecule has 0 atom stereocenters.